The van der Waals surface area contributed by atoms with E-state index in [0.717, 1.165) is 56.3 Å². The number of imide groups is 1. The number of amides is 4. The molecular weight excluding hydrogens is 330 g/mol. The van der Waals surface area contributed by atoms with Gasteiger partial charge in [-0.15, -0.1) is 0 Å². The molecule has 0 aromatic rings. The number of carbonyl (C=O) groups excluding carboxylic acids is 3. The van der Waals surface area contributed by atoms with Crippen molar-refractivity contribution in [3.05, 3.63) is 0 Å². The molecule has 1 aliphatic heterocycles. The molecule has 148 valence electrons. The largest absolute Gasteiger partial charge is 0.338 e. The summed E-state index contributed by atoms with van der Waals surface area (Å²) >= 11 is 0. The van der Waals surface area contributed by atoms with Gasteiger partial charge in [-0.3, -0.25) is 14.5 Å². The zero-order valence-corrected chi connectivity index (χ0v) is 16.7. The van der Waals surface area contributed by atoms with Crippen LogP contribution in [0, 0.1) is 0 Å². The summed E-state index contributed by atoms with van der Waals surface area (Å²) in [6, 6.07) is -0.268. The quantitative estimate of drug-likeness (QED) is 0.502. The molecule has 4 amide bonds. The highest BCUT2D eigenvalue weighted by Crippen LogP contribution is 2.33. The molecule has 1 atom stereocenters. The van der Waals surface area contributed by atoms with Crippen LogP contribution < -0.4 is 5.32 Å². The van der Waals surface area contributed by atoms with Gasteiger partial charge in [-0.1, -0.05) is 52.4 Å². The maximum Gasteiger partial charge on any atom is 0.325 e. The molecular formula is C20H35N3O3. The molecule has 0 aromatic heterocycles. The number of nitrogens with one attached hydrogen (secondary N) is 1. The lowest BCUT2D eigenvalue weighted by Gasteiger charge is -2.32. The lowest BCUT2D eigenvalue weighted by Crippen LogP contribution is -2.50. The molecule has 6 heteroatoms. The zero-order chi connectivity index (χ0) is 19.2. The van der Waals surface area contributed by atoms with Crippen molar-refractivity contribution in [2.24, 2.45) is 0 Å². The van der Waals surface area contributed by atoms with Crippen molar-refractivity contribution in [1.82, 2.24) is 15.1 Å². The molecule has 1 saturated heterocycles. The van der Waals surface area contributed by atoms with E-state index in [1.165, 1.54) is 0 Å². The van der Waals surface area contributed by atoms with Gasteiger partial charge in [0.15, 0.2) is 0 Å². The predicted octanol–water partition coefficient (Wildman–Crippen LogP) is 3.45. The monoisotopic (exact) mass is 365 g/mol. The molecule has 1 spiro atoms. The smallest absolute Gasteiger partial charge is 0.325 e. The van der Waals surface area contributed by atoms with Gasteiger partial charge in [0.25, 0.3) is 5.91 Å². The van der Waals surface area contributed by atoms with E-state index in [-0.39, 0.29) is 24.4 Å². The molecule has 2 rings (SSSR count). The average Bonchev–Trinajstić information content (AvgIpc) is 2.83. The van der Waals surface area contributed by atoms with Crippen LogP contribution in [0.15, 0.2) is 0 Å². The Morgan fingerprint density at radius 3 is 2.46 bits per heavy atom. The molecule has 1 unspecified atom stereocenters. The van der Waals surface area contributed by atoms with Crippen molar-refractivity contribution >= 4 is 17.8 Å². The van der Waals surface area contributed by atoms with Gasteiger partial charge in [-0.2, -0.15) is 0 Å². The fourth-order valence-corrected chi connectivity index (χ4v) is 4.24. The van der Waals surface area contributed by atoms with Crippen molar-refractivity contribution in [3.63, 3.8) is 0 Å². The summed E-state index contributed by atoms with van der Waals surface area (Å²) in [6.07, 6.45) is 9.45. The van der Waals surface area contributed by atoms with Gasteiger partial charge >= 0.3 is 6.03 Å². The molecule has 2 fully saturated rings. The molecule has 2 aliphatic rings. The summed E-state index contributed by atoms with van der Waals surface area (Å²) in [4.78, 5) is 41.2. The zero-order valence-electron chi connectivity index (χ0n) is 16.7. The van der Waals surface area contributed by atoms with Crippen molar-refractivity contribution in [2.45, 2.75) is 96.6 Å². The normalized spacial score (nSPS) is 20.3. The summed E-state index contributed by atoms with van der Waals surface area (Å²) in [6.45, 7) is 6.87. The Morgan fingerprint density at radius 1 is 1.15 bits per heavy atom. The third kappa shape index (κ3) is 4.57. The van der Waals surface area contributed by atoms with Crippen molar-refractivity contribution in [3.8, 4) is 0 Å². The Kier molecular flexibility index (Phi) is 7.47. The highest BCUT2D eigenvalue weighted by atomic mass is 16.2. The topological polar surface area (TPSA) is 69.7 Å². The first kappa shape index (κ1) is 20.7. The third-order valence-corrected chi connectivity index (χ3v) is 5.81. The number of unbranched alkanes of at least 4 members (excludes halogenated alkanes) is 2. The van der Waals surface area contributed by atoms with E-state index in [2.05, 4.69) is 26.1 Å². The number of rotatable bonds is 9. The number of hydrogen-bond acceptors (Lipinski definition) is 3. The van der Waals surface area contributed by atoms with Crippen LogP contribution in [-0.2, 0) is 9.59 Å². The second-order valence-corrected chi connectivity index (χ2v) is 7.90. The highest BCUT2D eigenvalue weighted by molar-refractivity contribution is 6.09. The van der Waals surface area contributed by atoms with Gasteiger partial charge in [-0.25, -0.2) is 4.79 Å². The Morgan fingerprint density at radius 2 is 1.85 bits per heavy atom. The first-order chi connectivity index (χ1) is 12.4. The van der Waals surface area contributed by atoms with Gasteiger partial charge in [0.2, 0.25) is 5.91 Å². The van der Waals surface area contributed by atoms with Crippen LogP contribution in [0.25, 0.3) is 0 Å². The lowest BCUT2D eigenvalue weighted by molar-refractivity contribution is -0.140. The fourth-order valence-electron chi connectivity index (χ4n) is 4.24. The predicted molar refractivity (Wildman–Crippen MR) is 102 cm³/mol. The lowest BCUT2D eigenvalue weighted by atomic mass is 9.82. The fraction of sp³-hybridized carbons (Fsp3) is 0.850. The number of urea groups is 1. The van der Waals surface area contributed by atoms with Crippen LogP contribution in [0.2, 0.25) is 0 Å². The van der Waals surface area contributed by atoms with Crippen molar-refractivity contribution in [2.75, 3.05) is 13.1 Å². The van der Waals surface area contributed by atoms with Gasteiger partial charge in [-0.05, 0) is 32.6 Å². The van der Waals surface area contributed by atoms with E-state index in [4.69, 9.17) is 0 Å². The van der Waals surface area contributed by atoms with Crippen LogP contribution >= 0.6 is 0 Å². The molecule has 1 heterocycles. The van der Waals surface area contributed by atoms with E-state index < -0.39 is 11.6 Å². The Balaban J connectivity index is 2.04. The molecule has 26 heavy (non-hydrogen) atoms. The van der Waals surface area contributed by atoms with Gasteiger partial charge in [0, 0.05) is 12.6 Å². The maximum atomic E-state index is 12.9. The minimum absolute atomic E-state index is 0.113. The van der Waals surface area contributed by atoms with Gasteiger partial charge in [0.1, 0.15) is 12.1 Å². The first-order valence-corrected chi connectivity index (χ1v) is 10.4. The molecule has 0 bridgehead atoms. The van der Waals surface area contributed by atoms with Crippen LogP contribution in [0.3, 0.4) is 0 Å². The summed E-state index contributed by atoms with van der Waals surface area (Å²) in [5, 5.41) is 2.89. The SMILES string of the molecule is CCCCCN(C(=O)CN1C(=O)NC2(CCCCC2)C1=O)C(C)CCC. The average molecular weight is 366 g/mol. The Labute approximate surface area is 157 Å². The van der Waals surface area contributed by atoms with E-state index in [1.807, 2.05) is 4.90 Å². The molecule has 1 saturated carbocycles. The summed E-state index contributed by atoms with van der Waals surface area (Å²) in [5.41, 5.74) is -0.752. The second-order valence-electron chi connectivity index (χ2n) is 7.90. The minimum Gasteiger partial charge on any atom is -0.338 e. The van der Waals surface area contributed by atoms with Crippen molar-refractivity contribution in [1.29, 1.82) is 0 Å². The van der Waals surface area contributed by atoms with Crippen LogP contribution in [0.1, 0.15) is 85.0 Å². The van der Waals surface area contributed by atoms with Crippen LogP contribution in [0.5, 0.6) is 0 Å². The summed E-state index contributed by atoms with van der Waals surface area (Å²) in [5.74, 6) is -0.314. The van der Waals surface area contributed by atoms with Crippen LogP contribution in [-0.4, -0.2) is 52.3 Å². The number of hydrogen-bond donors (Lipinski definition) is 1. The van der Waals surface area contributed by atoms with E-state index in [9.17, 15) is 14.4 Å². The molecule has 6 nitrogen and oxygen atoms in total. The second kappa shape index (κ2) is 9.38. The maximum absolute atomic E-state index is 12.9. The molecule has 0 radical (unpaired) electrons. The van der Waals surface area contributed by atoms with E-state index >= 15 is 0 Å². The first-order valence-electron chi connectivity index (χ1n) is 10.4. The van der Waals surface area contributed by atoms with Gasteiger partial charge < -0.3 is 10.2 Å². The summed E-state index contributed by atoms with van der Waals surface area (Å²) < 4.78 is 0. The van der Waals surface area contributed by atoms with Gasteiger partial charge in [0.05, 0.1) is 0 Å². The molecule has 0 aromatic carbocycles. The highest BCUT2D eigenvalue weighted by Gasteiger charge is 2.51. The van der Waals surface area contributed by atoms with Crippen molar-refractivity contribution < 1.29 is 14.4 Å². The molecule has 1 aliphatic carbocycles. The number of nitrogens with zero attached hydrogens (tertiary/aromatic N) is 2. The number of carbonyl (C=O) groups is 3. The Bertz CT molecular complexity index is 514. The minimum atomic E-state index is -0.752. The van der Waals surface area contributed by atoms with E-state index in [1.54, 1.807) is 0 Å². The van der Waals surface area contributed by atoms with E-state index in [0.29, 0.717) is 19.4 Å². The molecule has 1 N–H and O–H groups in total. The Hall–Kier alpha value is -1.59. The summed E-state index contributed by atoms with van der Waals surface area (Å²) in [7, 11) is 0. The standard InChI is InChI=1S/C20H35N3O3/c1-4-6-10-14-22(16(3)11-5-2)17(24)15-23-18(25)20(21-19(23)26)12-8-7-9-13-20/h16H,4-15H2,1-3H3,(H,21,26). The van der Waals surface area contributed by atoms with Crippen LogP contribution in [0.4, 0.5) is 4.79 Å². The third-order valence-electron chi connectivity index (χ3n) is 5.81.